The highest BCUT2D eigenvalue weighted by Gasteiger charge is 2.11. The highest BCUT2D eigenvalue weighted by atomic mass is 16.5. The van der Waals surface area contributed by atoms with E-state index in [0.29, 0.717) is 18.8 Å². The Morgan fingerprint density at radius 3 is 2.44 bits per heavy atom. The van der Waals surface area contributed by atoms with E-state index < -0.39 is 0 Å². The zero-order chi connectivity index (χ0) is 17.8. The van der Waals surface area contributed by atoms with Gasteiger partial charge < -0.3 is 10.1 Å². The molecular weight excluding hydrogens is 318 g/mol. The predicted octanol–water partition coefficient (Wildman–Crippen LogP) is 2.77. The minimum absolute atomic E-state index is 0.116. The van der Waals surface area contributed by atoms with Crippen LogP contribution in [-0.4, -0.2) is 21.6 Å². The molecule has 0 saturated heterocycles. The molecule has 1 heterocycles. The zero-order valence-corrected chi connectivity index (χ0v) is 14.4. The summed E-state index contributed by atoms with van der Waals surface area (Å²) in [5, 5.41) is 2.84. The number of aryl methyl sites for hydroxylation is 2. The van der Waals surface area contributed by atoms with Gasteiger partial charge in [0.25, 0.3) is 0 Å². The highest BCUT2D eigenvalue weighted by Crippen LogP contribution is 2.16. The molecule has 1 N–H and O–H groups in total. The van der Waals surface area contributed by atoms with Crippen molar-refractivity contribution in [3.8, 4) is 5.75 Å². The third-order valence-electron chi connectivity index (χ3n) is 4.06. The van der Waals surface area contributed by atoms with Gasteiger partial charge in [-0.1, -0.05) is 12.1 Å². The molecular formula is C19H21N3O3. The SMILES string of the molecule is CCOc1ccc(NC(=O)CCn2c(=O)n(C)c3ccccc32)cc1. The molecule has 6 nitrogen and oxygen atoms in total. The van der Waals surface area contributed by atoms with Crippen molar-refractivity contribution < 1.29 is 9.53 Å². The molecule has 0 spiro atoms. The summed E-state index contributed by atoms with van der Waals surface area (Å²) in [5.41, 5.74) is 2.29. The van der Waals surface area contributed by atoms with Crippen molar-refractivity contribution in [3.05, 3.63) is 59.0 Å². The molecule has 25 heavy (non-hydrogen) atoms. The van der Waals surface area contributed by atoms with E-state index in [1.807, 2.05) is 43.3 Å². The Kier molecular flexibility index (Phi) is 4.88. The fourth-order valence-electron chi connectivity index (χ4n) is 2.82. The van der Waals surface area contributed by atoms with Gasteiger partial charge >= 0.3 is 5.69 Å². The van der Waals surface area contributed by atoms with Crippen LogP contribution in [0.5, 0.6) is 5.75 Å². The largest absolute Gasteiger partial charge is 0.494 e. The van der Waals surface area contributed by atoms with Crippen molar-refractivity contribution >= 4 is 22.6 Å². The number of aromatic nitrogens is 2. The predicted molar refractivity (Wildman–Crippen MR) is 98.0 cm³/mol. The van der Waals surface area contributed by atoms with E-state index in [4.69, 9.17) is 4.74 Å². The number of nitrogens with zero attached hydrogens (tertiary/aromatic N) is 2. The molecule has 1 amide bonds. The van der Waals surface area contributed by atoms with Crippen molar-refractivity contribution in [2.45, 2.75) is 19.9 Å². The summed E-state index contributed by atoms with van der Waals surface area (Å²) in [6.07, 6.45) is 0.223. The molecule has 0 aliphatic carbocycles. The number of hydrogen-bond donors (Lipinski definition) is 1. The van der Waals surface area contributed by atoms with E-state index in [1.54, 1.807) is 28.3 Å². The lowest BCUT2D eigenvalue weighted by atomic mass is 10.3. The highest BCUT2D eigenvalue weighted by molar-refractivity contribution is 5.90. The summed E-state index contributed by atoms with van der Waals surface area (Å²) in [4.78, 5) is 24.5. The van der Waals surface area contributed by atoms with Crippen LogP contribution in [0.25, 0.3) is 11.0 Å². The number of ether oxygens (including phenoxy) is 1. The van der Waals surface area contributed by atoms with Gasteiger partial charge in [0.15, 0.2) is 0 Å². The topological polar surface area (TPSA) is 65.3 Å². The van der Waals surface area contributed by atoms with E-state index in [9.17, 15) is 9.59 Å². The van der Waals surface area contributed by atoms with Gasteiger partial charge in [0.05, 0.1) is 17.6 Å². The lowest BCUT2D eigenvalue weighted by Crippen LogP contribution is -2.24. The fraction of sp³-hybridized carbons (Fsp3) is 0.263. The smallest absolute Gasteiger partial charge is 0.328 e. The first-order valence-electron chi connectivity index (χ1n) is 8.27. The van der Waals surface area contributed by atoms with Crippen LogP contribution >= 0.6 is 0 Å². The molecule has 0 atom stereocenters. The number of imidazole rings is 1. The number of amides is 1. The number of nitrogens with one attached hydrogen (secondary N) is 1. The quantitative estimate of drug-likeness (QED) is 0.751. The molecule has 3 aromatic rings. The molecule has 6 heteroatoms. The maximum absolute atomic E-state index is 12.3. The molecule has 1 aromatic heterocycles. The number of para-hydroxylation sites is 2. The van der Waals surface area contributed by atoms with Crippen LogP contribution < -0.4 is 15.7 Å². The first-order valence-corrected chi connectivity index (χ1v) is 8.27. The summed E-state index contributed by atoms with van der Waals surface area (Å²) >= 11 is 0. The monoisotopic (exact) mass is 339 g/mol. The van der Waals surface area contributed by atoms with Crippen LogP contribution in [0.1, 0.15) is 13.3 Å². The van der Waals surface area contributed by atoms with Crippen molar-refractivity contribution in [1.82, 2.24) is 9.13 Å². The average Bonchev–Trinajstić information content (AvgIpc) is 2.86. The third-order valence-corrected chi connectivity index (χ3v) is 4.06. The normalized spacial score (nSPS) is 10.8. The number of carbonyl (C=O) groups excluding carboxylic acids is 1. The van der Waals surface area contributed by atoms with E-state index in [-0.39, 0.29) is 18.0 Å². The van der Waals surface area contributed by atoms with Crippen LogP contribution in [0.2, 0.25) is 0 Å². The number of fused-ring (bicyclic) bond motifs is 1. The standard InChI is InChI=1S/C19H21N3O3/c1-3-25-15-10-8-14(9-11-15)20-18(23)12-13-22-17-7-5-4-6-16(17)21(2)19(22)24/h4-11H,3,12-13H2,1-2H3,(H,20,23). The number of carbonyl (C=O) groups is 1. The van der Waals surface area contributed by atoms with Gasteiger partial charge in [-0.3, -0.25) is 13.9 Å². The van der Waals surface area contributed by atoms with Gasteiger partial charge in [-0.05, 0) is 43.3 Å². The summed E-state index contributed by atoms with van der Waals surface area (Å²) in [6, 6.07) is 14.8. The number of hydrogen-bond acceptors (Lipinski definition) is 3. The lowest BCUT2D eigenvalue weighted by molar-refractivity contribution is -0.116. The summed E-state index contributed by atoms with van der Waals surface area (Å²) in [6.45, 7) is 2.86. The molecule has 0 bridgehead atoms. The van der Waals surface area contributed by atoms with Gasteiger partial charge in [-0.25, -0.2) is 4.79 Å². The van der Waals surface area contributed by atoms with E-state index in [0.717, 1.165) is 16.8 Å². The number of benzene rings is 2. The van der Waals surface area contributed by atoms with Crippen LogP contribution in [0.4, 0.5) is 5.69 Å². The second kappa shape index (κ2) is 7.25. The van der Waals surface area contributed by atoms with Crippen molar-refractivity contribution in [3.63, 3.8) is 0 Å². The molecule has 0 radical (unpaired) electrons. The first kappa shape index (κ1) is 16.8. The van der Waals surface area contributed by atoms with E-state index in [2.05, 4.69) is 5.32 Å². The van der Waals surface area contributed by atoms with Gasteiger partial charge in [0, 0.05) is 25.7 Å². The van der Waals surface area contributed by atoms with Crippen molar-refractivity contribution in [2.75, 3.05) is 11.9 Å². The maximum atomic E-state index is 12.3. The molecule has 0 aliphatic heterocycles. The van der Waals surface area contributed by atoms with Gasteiger partial charge in [0.2, 0.25) is 5.91 Å². The molecule has 2 aromatic carbocycles. The average molecular weight is 339 g/mol. The fourth-order valence-corrected chi connectivity index (χ4v) is 2.82. The third kappa shape index (κ3) is 3.57. The Balaban J connectivity index is 1.67. The Morgan fingerprint density at radius 1 is 1.08 bits per heavy atom. The van der Waals surface area contributed by atoms with E-state index >= 15 is 0 Å². The minimum Gasteiger partial charge on any atom is -0.494 e. The summed E-state index contributed by atoms with van der Waals surface area (Å²) in [7, 11) is 1.74. The number of anilines is 1. The minimum atomic E-state index is -0.135. The Hall–Kier alpha value is -3.02. The maximum Gasteiger partial charge on any atom is 0.328 e. The molecule has 0 fully saturated rings. The van der Waals surface area contributed by atoms with E-state index in [1.165, 1.54) is 0 Å². The zero-order valence-electron chi connectivity index (χ0n) is 14.4. The first-order chi connectivity index (χ1) is 12.1. The van der Waals surface area contributed by atoms with Crippen molar-refractivity contribution in [1.29, 1.82) is 0 Å². The molecule has 130 valence electrons. The Bertz CT molecular complexity index is 939. The van der Waals surface area contributed by atoms with Gasteiger partial charge in [0.1, 0.15) is 5.75 Å². The van der Waals surface area contributed by atoms with Crippen LogP contribution in [-0.2, 0) is 18.4 Å². The van der Waals surface area contributed by atoms with Crippen molar-refractivity contribution in [2.24, 2.45) is 7.05 Å². The Labute approximate surface area is 145 Å². The number of rotatable bonds is 6. The van der Waals surface area contributed by atoms with Crippen LogP contribution in [0, 0.1) is 0 Å². The molecule has 0 aliphatic rings. The summed E-state index contributed by atoms with van der Waals surface area (Å²) < 4.78 is 8.60. The van der Waals surface area contributed by atoms with Crippen LogP contribution in [0.3, 0.4) is 0 Å². The van der Waals surface area contributed by atoms with Crippen LogP contribution in [0.15, 0.2) is 53.3 Å². The second-order valence-electron chi connectivity index (χ2n) is 5.74. The second-order valence-corrected chi connectivity index (χ2v) is 5.74. The molecule has 3 rings (SSSR count). The van der Waals surface area contributed by atoms with Gasteiger partial charge in [-0.15, -0.1) is 0 Å². The molecule has 0 saturated carbocycles. The summed E-state index contributed by atoms with van der Waals surface area (Å²) in [5.74, 6) is 0.631. The lowest BCUT2D eigenvalue weighted by Gasteiger charge is -2.07. The molecule has 0 unspecified atom stereocenters. The Morgan fingerprint density at radius 2 is 1.76 bits per heavy atom. The van der Waals surface area contributed by atoms with Gasteiger partial charge in [-0.2, -0.15) is 0 Å².